The van der Waals surface area contributed by atoms with Crippen molar-refractivity contribution in [1.82, 2.24) is 5.32 Å². The molecule has 1 fully saturated rings. The van der Waals surface area contributed by atoms with Gasteiger partial charge in [0.2, 0.25) is 0 Å². The van der Waals surface area contributed by atoms with E-state index in [2.05, 4.69) is 5.32 Å². The summed E-state index contributed by atoms with van der Waals surface area (Å²) in [5.74, 6) is -5.51. The summed E-state index contributed by atoms with van der Waals surface area (Å²) < 4.78 is 68.3. The molecule has 1 saturated heterocycles. The van der Waals surface area contributed by atoms with E-state index in [0.29, 0.717) is 6.61 Å². The van der Waals surface area contributed by atoms with Crippen LogP contribution in [0.4, 0.5) is 26.3 Å². The average Bonchev–Trinajstić information content (AvgIpc) is 2.45. The zero-order valence-corrected chi connectivity index (χ0v) is 12.8. The Balaban J connectivity index is 0. The van der Waals surface area contributed by atoms with Crippen LogP contribution in [0, 0.1) is 0 Å². The largest absolute Gasteiger partial charge is 0.490 e. The van der Waals surface area contributed by atoms with Crippen LogP contribution in [0.15, 0.2) is 11.6 Å². The highest BCUT2D eigenvalue weighted by molar-refractivity contribution is 5.73. The van der Waals surface area contributed by atoms with Crippen LogP contribution in [-0.2, 0) is 14.3 Å². The lowest BCUT2D eigenvalue weighted by Gasteiger charge is -2.21. The van der Waals surface area contributed by atoms with Crippen LogP contribution in [-0.4, -0.2) is 72.5 Å². The Labute approximate surface area is 137 Å². The van der Waals surface area contributed by atoms with E-state index in [1.54, 1.807) is 7.11 Å². The molecule has 0 amide bonds. The smallest absolute Gasteiger partial charge is 0.475 e. The minimum atomic E-state index is -5.08. The van der Waals surface area contributed by atoms with E-state index in [4.69, 9.17) is 24.5 Å². The Bertz CT molecular complexity index is 424. The van der Waals surface area contributed by atoms with E-state index in [9.17, 15) is 31.4 Å². The van der Waals surface area contributed by atoms with Crippen molar-refractivity contribution in [2.75, 3.05) is 26.8 Å². The first-order valence-corrected chi connectivity index (χ1v) is 6.40. The maximum atomic E-state index is 10.6. The number of hydrogen-bond donors (Lipinski definition) is 4. The van der Waals surface area contributed by atoms with Gasteiger partial charge in [0.15, 0.2) is 0 Å². The topological polar surface area (TPSA) is 116 Å². The maximum absolute atomic E-state index is 10.6. The fourth-order valence-electron chi connectivity index (χ4n) is 1.17. The Morgan fingerprint density at radius 1 is 1.16 bits per heavy atom. The number of piperidine rings is 1. The van der Waals surface area contributed by atoms with Crippen molar-refractivity contribution in [3.05, 3.63) is 11.6 Å². The van der Waals surface area contributed by atoms with Gasteiger partial charge < -0.3 is 25.4 Å². The van der Waals surface area contributed by atoms with Gasteiger partial charge >= 0.3 is 24.3 Å². The van der Waals surface area contributed by atoms with E-state index in [-0.39, 0.29) is 6.10 Å². The van der Waals surface area contributed by atoms with Crippen molar-refractivity contribution in [2.24, 2.45) is 0 Å². The van der Waals surface area contributed by atoms with Crippen LogP contribution in [0.25, 0.3) is 0 Å². The number of carboxylic acids is 2. The van der Waals surface area contributed by atoms with E-state index >= 15 is 0 Å². The minimum Gasteiger partial charge on any atom is -0.475 e. The zero-order valence-electron chi connectivity index (χ0n) is 12.8. The highest BCUT2D eigenvalue weighted by Gasteiger charge is 2.38. The second kappa shape index (κ2) is 11.7. The van der Waals surface area contributed by atoms with Crippen molar-refractivity contribution in [3.63, 3.8) is 0 Å². The number of aliphatic hydroxyl groups is 1. The molecule has 0 aliphatic carbocycles. The van der Waals surface area contributed by atoms with Gasteiger partial charge in [-0.1, -0.05) is 6.08 Å². The molecular weight excluding hydrogens is 368 g/mol. The molecule has 4 N–H and O–H groups in total. The van der Waals surface area contributed by atoms with Gasteiger partial charge in [-0.05, 0) is 18.5 Å². The summed E-state index contributed by atoms with van der Waals surface area (Å²) >= 11 is 0. The Hall–Kier alpha value is -1.86. The molecule has 1 rings (SSSR count). The number of carbonyl (C=O) groups is 2. The fraction of sp³-hybridized carbons (Fsp3) is 0.667. The summed E-state index contributed by atoms with van der Waals surface area (Å²) in [6.45, 7) is 2.30. The number of hydrogen-bond acceptors (Lipinski definition) is 5. The molecule has 25 heavy (non-hydrogen) atoms. The molecule has 148 valence electrons. The van der Waals surface area contributed by atoms with E-state index < -0.39 is 24.3 Å². The molecule has 7 nitrogen and oxygen atoms in total. The molecule has 1 atom stereocenters. The number of carboxylic acid groups (broad SMARTS) is 2. The molecule has 1 heterocycles. The molecule has 0 bridgehead atoms. The maximum Gasteiger partial charge on any atom is 0.490 e. The Kier molecular flexibility index (Phi) is 11.8. The molecule has 0 aromatic rings. The van der Waals surface area contributed by atoms with E-state index in [1.807, 2.05) is 6.08 Å². The fourth-order valence-corrected chi connectivity index (χ4v) is 1.17. The molecule has 1 aliphatic rings. The monoisotopic (exact) mass is 385 g/mol. The van der Waals surface area contributed by atoms with Crippen LogP contribution in [0.3, 0.4) is 0 Å². The van der Waals surface area contributed by atoms with Gasteiger partial charge in [0.05, 0.1) is 12.7 Å². The summed E-state index contributed by atoms with van der Waals surface area (Å²) in [6.07, 6.45) is -7.67. The lowest BCUT2D eigenvalue weighted by molar-refractivity contribution is -0.193. The SMILES string of the molecule is COC/C=C1\CNCCC1O.O=C(O)C(F)(F)F.O=C(O)C(F)(F)F. The second-order valence-corrected chi connectivity index (χ2v) is 4.32. The van der Waals surface area contributed by atoms with Gasteiger partial charge in [0.25, 0.3) is 0 Å². The number of methoxy groups -OCH3 is 1. The normalized spacial score (nSPS) is 19.2. The van der Waals surface area contributed by atoms with Crippen molar-refractivity contribution in [3.8, 4) is 0 Å². The molecule has 0 radical (unpaired) electrons. The van der Waals surface area contributed by atoms with Crippen molar-refractivity contribution in [2.45, 2.75) is 24.9 Å². The van der Waals surface area contributed by atoms with Gasteiger partial charge in [-0.2, -0.15) is 26.3 Å². The highest BCUT2D eigenvalue weighted by Crippen LogP contribution is 2.13. The van der Waals surface area contributed by atoms with Gasteiger partial charge in [0, 0.05) is 13.7 Å². The van der Waals surface area contributed by atoms with Crippen molar-refractivity contribution >= 4 is 11.9 Å². The number of aliphatic hydroxyl groups excluding tert-OH is 1. The predicted octanol–water partition coefficient (Wildman–Crippen LogP) is 1.18. The first-order valence-electron chi connectivity index (χ1n) is 6.40. The lowest BCUT2D eigenvalue weighted by atomic mass is 10.0. The van der Waals surface area contributed by atoms with Crippen molar-refractivity contribution in [1.29, 1.82) is 0 Å². The van der Waals surface area contributed by atoms with Gasteiger partial charge in [-0.25, -0.2) is 9.59 Å². The van der Waals surface area contributed by atoms with Crippen LogP contribution >= 0.6 is 0 Å². The predicted molar refractivity (Wildman–Crippen MR) is 70.8 cm³/mol. The standard InChI is InChI=1S/C8H15NO2.2C2HF3O2/c1-11-5-3-7-6-9-4-2-8(7)10;2*3-2(4,5)1(6)7/h3,8-10H,2,4-6H2,1H3;2*(H,6,7)/b7-3+;;. The highest BCUT2D eigenvalue weighted by atomic mass is 19.4. The molecule has 1 unspecified atom stereocenters. The third-order valence-electron chi connectivity index (χ3n) is 2.35. The van der Waals surface area contributed by atoms with E-state index in [1.165, 1.54) is 0 Å². The number of halogens is 6. The van der Waals surface area contributed by atoms with E-state index in [0.717, 1.165) is 25.1 Å². The zero-order chi connectivity index (χ0) is 20.3. The Morgan fingerprint density at radius 3 is 1.84 bits per heavy atom. The summed E-state index contributed by atoms with van der Waals surface area (Å²) in [6, 6.07) is 0. The van der Waals surface area contributed by atoms with Crippen LogP contribution in [0.5, 0.6) is 0 Å². The minimum absolute atomic E-state index is 0.258. The lowest BCUT2D eigenvalue weighted by Crippen LogP contribution is -2.33. The van der Waals surface area contributed by atoms with Gasteiger partial charge in [-0.3, -0.25) is 0 Å². The second-order valence-electron chi connectivity index (χ2n) is 4.32. The quantitative estimate of drug-likeness (QED) is 0.417. The average molecular weight is 385 g/mol. The molecule has 0 spiro atoms. The first-order chi connectivity index (χ1) is 11.2. The first kappa shape index (κ1) is 25.4. The molecule has 0 aromatic carbocycles. The summed E-state index contributed by atoms with van der Waals surface area (Å²) in [5, 5.41) is 26.9. The van der Waals surface area contributed by atoms with Gasteiger partial charge in [-0.15, -0.1) is 0 Å². The van der Waals surface area contributed by atoms with Crippen LogP contribution < -0.4 is 5.32 Å². The molecule has 1 aliphatic heterocycles. The van der Waals surface area contributed by atoms with Crippen molar-refractivity contribution < 1.29 is 56.0 Å². The number of ether oxygens (including phenoxy) is 1. The summed E-state index contributed by atoms with van der Waals surface area (Å²) in [7, 11) is 1.65. The molecule has 0 saturated carbocycles. The Morgan fingerprint density at radius 2 is 1.56 bits per heavy atom. The number of aliphatic carboxylic acids is 2. The molecule has 13 heteroatoms. The van der Waals surface area contributed by atoms with Crippen LogP contribution in [0.1, 0.15) is 6.42 Å². The third kappa shape index (κ3) is 14.2. The third-order valence-corrected chi connectivity index (χ3v) is 2.35. The molecule has 0 aromatic heterocycles. The molecular formula is C12H17F6NO6. The van der Waals surface area contributed by atoms with Gasteiger partial charge in [0.1, 0.15) is 0 Å². The summed E-state index contributed by atoms with van der Waals surface area (Å²) in [5.41, 5.74) is 1.05. The van der Waals surface area contributed by atoms with Crippen LogP contribution in [0.2, 0.25) is 0 Å². The summed E-state index contributed by atoms with van der Waals surface area (Å²) in [4.78, 5) is 17.8. The number of rotatable bonds is 2. The number of alkyl halides is 6. The number of nitrogens with one attached hydrogen (secondary N) is 1.